The number of aryl methyl sites for hydroxylation is 1. The summed E-state index contributed by atoms with van der Waals surface area (Å²) in [5, 5.41) is 3.63. The molecule has 0 amide bonds. The highest BCUT2D eigenvalue weighted by Crippen LogP contribution is 2.44. The smallest absolute Gasteiger partial charge is 0.00541 e. The van der Waals surface area contributed by atoms with Crippen molar-refractivity contribution in [1.29, 1.82) is 0 Å². The Bertz CT molecular complexity index is 350. The molecular formula is C15H25NS. The lowest BCUT2D eigenvalue weighted by atomic mass is 9.66. The first-order valence-corrected chi connectivity index (χ1v) is 7.76. The summed E-state index contributed by atoms with van der Waals surface area (Å²) in [7, 11) is 0. The van der Waals surface area contributed by atoms with E-state index in [1.165, 1.54) is 43.5 Å². The molecule has 2 heteroatoms. The summed E-state index contributed by atoms with van der Waals surface area (Å²) in [4.78, 5) is 3.12. The second-order valence-electron chi connectivity index (χ2n) is 5.79. The molecule has 0 atom stereocenters. The summed E-state index contributed by atoms with van der Waals surface area (Å²) in [6.07, 6.45) is 6.71. The van der Waals surface area contributed by atoms with Gasteiger partial charge in [-0.15, -0.1) is 11.3 Å². The van der Waals surface area contributed by atoms with Gasteiger partial charge in [-0.3, -0.25) is 0 Å². The van der Waals surface area contributed by atoms with Gasteiger partial charge in [-0.05, 0) is 43.2 Å². The monoisotopic (exact) mass is 251 g/mol. The summed E-state index contributed by atoms with van der Waals surface area (Å²) in [6.45, 7) is 7.93. The van der Waals surface area contributed by atoms with Gasteiger partial charge in [0.05, 0.1) is 0 Å². The zero-order valence-corrected chi connectivity index (χ0v) is 12.2. The Hall–Kier alpha value is -0.340. The quantitative estimate of drug-likeness (QED) is 0.805. The first-order chi connectivity index (χ1) is 8.13. The molecule has 0 bridgehead atoms. The van der Waals surface area contributed by atoms with Gasteiger partial charge in [-0.1, -0.05) is 27.2 Å². The maximum absolute atomic E-state index is 3.63. The van der Waals surface area contributed by atoms with E-state index in [1.54, 1.807) is 4.88 Å². The van der Waals surface area contributed by atoms with Crippen molar-refractivity contribution in [2.75, 3.05) is 6.54 Å². The Morgan fingerprint density at radius 3 is 2.47 bits per heavy atom. The zero-order valence-electron chi connectivity index (χ0n) is 11.4. The van der Waals surface area contributed by atoms with Crippen LogP contribution in [0.3, 0.4) is 0 Å². The maximum Gasteiger partial charge on any atom is 0.00541 e. The summed E-state index contributed by atoms with van der Waals surface area (Å²) >= 11 is 2.02. The van der Waals surface area contributed by atoms with E-state index in [2.05, 4.69) is 38.2 Å². The lowest BCUT2D eigenvalue weighted by Crippen LogP contribution is -2.43. The molecule has 17 heavy (non-hydrogen) atoms. The number of nitrogens with one attached hydrogen (secondary N) is 1. The molecule has 0 unspecified atom stereocenters. The average Bonchev–Trinajstić information content (AvgIpc) is 2.69. The third-order valence-corrected chi connectivity index (χ3v) is 5.14. The fourth-order valence-corrected chi connectivity index (χ4v) is 3.72. The Kier molecular flexibility index (Phi) is 4.26. The first-order valence-electron chi connectivity index (χ1n) is 6.94. The molecule has 0 spiro atoms. The highest BCUT2D eigenvalue weighted by molar-refractivity contribution is 7.11. The SMILES string of the molecule is CCc1ccc(CC2(CNC(C)C)CCC2)s1. The van der Waals surface area contributed by atoms with E-state index in [9.17, 15) is 0 Å². The fraction of sp³-hybridized carbons (Fsp3) is 0.733. The Morgan fingerprint density at radius 1 is 1.29 bits per heavy atom. The fourth-order valence-electron chi connectivity index (χ4n) is 2.59. The van der Waals surface area contributed by atoms with Gasteiger partial charge in [-0.2, -0.15) is 0 Å². The summed E-state index contributed by atoms with van der Waals surface area (Å²) in [5.41, 5.74) is 0.570. The van der Waals surface area contributed by atoms with E-state index in [-0.39, 0.29) is 0 Å². The first kappa shape index (κ1) is 13.1. The molecular weight excluding hydrogens is 226 g/mol. The molecule has 1 aromatic heterocycles. The maximum atomic E-state index is 3.63. The van der Waals surface area contributed by atoms with Gasteiger partial charge in [0.15, 0.2) is 0 Å². The van der Waals surface area contributed by atoms with Crippen LogP contribution in [-0.4, -0.2) is 12.6 Å². The molecule has 1 heterocycles. The molecule has 1 nitrogen and oxygen atoms in total. The van der Waals surface area contributed by atoms with Gasteiger partial charge in [0, 0.05) is 22.3 Å². The molecule has 1 aliphatic rings. The van der Waals surface area contributed by atoms with Crippen molar-refractivity contribution in [3.05, 3.63) is 21.9 Å². The molecule has 2 rings (SSSR count). The Labute approximate surface area is 110 Å². The van der Waals surface area contributed by atoms with Crippen LogP contribution in [0.5, 0.6) is 0 Å². The van der Waals surface area contributed by atoms with Crippen LogP contribution in [0.25, 0.3) is 0 Å². The molecule has 1 N–H and O–H groups in total. The van der Waals surface area contributed by atoms with Crippen LogP contribution in [0.15, 0.2) is 12.1 Å². The predicted octanol–water partition coefficient (Wildman–Crippen LogP) is 4.02. The second kappa shape index (κ2) is 5.53. The number of hydrogen-bond acceptors (Lipinski definition) is 2. The van der Waals surface area contributed by atoms with Crippen LogP contribution in [0.1, 0.15) is 49.8 Å². The second-order valence-corrected chi connectivity index (χ2v) is 7.04. The van der Waals surface area contributed by atoms with Crippen molar-refractivity contribution in [3.63, 3.8) is 0 Å². The predicted molar refractivity (Wildman–Crippen MR) is 76.8 cm³/mol. The normalized spacial score (nSPS) is 18.4. The van der Waals surface area contributed by atoms with Gasteiger partial charge < -0.3 is 5.32 Å². The lowest BCUT2D eigenvalue weighted by molar-refractivity contribution is 0.128. The molecule has 0 aromatic carbocycles. The average molecular weight is 251 g/mol. The molecule has 1 saturated carbocycles. The van der Waals surface area contributed by atoms with Crippen molar-refractivity contribution >= 4 is 11.3 Å². The van der Waals surface area contributed by atoms with Gasteiger partial charge >= 0.3 is 0 Å². The minimum absolute atomic E-state index is 0.570. The highest BCUT2D eigenvalue weighted by Gasteiger charge is 2.37. The molecule has 1 fully saturated rings. The number of hydrogen-bond donors (Lipinski definition) is 1. The molecule has 0 aliphatic heterocycles. The summed E-state index contributed by atoms with van der Waals surface area (Å²) < 4.78 is 0. The van der Waals surface area contributed by atoms with Gasteiger partial charge in [-0.25, -0.2) is 0 Å². The minimum atomic E-state index is 0.570. The Balaban J connectivity index is 1.94. The summed E-state index contributed by atoms with van der Waals surface area (Å²) in [6, 6.07) is 5.27. The number of thiophene rings is 1. The topological polar surface area (TPSA) is 12.0 Å². The van der Waals surface area contributed by atoms with E-state index in [0.29, 0.717) is 11.5 Å². The highest BCUT2D eigenvalue weighted by atomic mass is 32.1. The molecule has 96 valence electrons. The number of rotatable bonds is 6. The van der Waals surface area contributed by atoms with E-state index >= 15 is 0 Å². The van der Waals surface area contributed by atoms with E-state index in [0.717, 1.165) is 0 Å². The lowest BCUT2D eigenvalue weighted by Gasteiger charge is -2.42. The van der Waals surface area contributed by atoms with Crippen LogP contribution >= 0.6 is 11.3 Å². The molecule has 0 radical (unpaired) electrons. The van der Waals surface area contributed by atoms with Gasteiger partial charge in [0.2, 0.25) is 0 Å². The standard InChI is InChI=1S/C15H25NS/c1-4-13-6-7-14(17-13)10-15(8-5-9-15)11-16-12(2)3/h6-7,12,16H,4-5,8-11H2,1-3H3. The van der Waals surface area contributed by atoms with Crippen LogP contribution in [0, 0.1) is 5.41 Å². The molecule has 1 aromatic rings. The van der Waals surface area contributed by atoms with E-state index < -0.39 is 0 Å². The van der Waals surface area contributed by atoms with Crippen molar-refractivity contribution in [1.82, 2.24) is 5.32 Å². The van der Waals surface area contributed by atoms with Crippen molar-refractivity contribution in [2.24, 2.45) is 5.41 Å². The molecule has 0 saturated heterocycles. The van der Waals surface area contributed by atoms with Crippen molar-refractivity contribution < 1.29 is 0 Å². The van der Waals surface area contributed by atoms with E-state index in [1.807, 2.05) is 11.3 Å². The van der Waals surface area contributed by atoms with Crippen molar-refractivity contribution in [3.8, 4) is 0 Å². The van der Waals surface area contributed by atoms with Crippen LogP contribution in [-0.2, 0) is 12.8 Å². The van der Waals surface area contributed by atoms with Crippen LogP contribution < -0.4 is 5.32 Å². The zero-order chi connectivity index (χ0) is 12.3. The van der Waals surface area contributed by atoms with E-state index in [4.69, 9.17) is 0 Å². The summed E-state index contributed by atoms with van der Waals surface area (Å²) in [5.74, 6) is 0. The third kappa shape index (κ3) is 3.32. The van der Waals surface area contributed by atoms with Crippen LogP contribution in [0.4, 0.5) is 0 Å². The minimum Gasteiger partial charge on any atom is -0.314 e. The van der Waals surface area contributed by atoms with Crippen molar-refractivity contribution in [2.45, 2.75) is 58.9 Å². The van der Waals surface area contributed by atoms with Gasteiger partial charge in [0.25, 0.3) is 0 Å². The molecule has 1 aliphatic carbocycles. The van der Waals surface area contributed by atoms with Gasteiger partial charge in [0.1, 0.15) is 0 Å². The Morgan fingerprint density at radius 2 is 2.00 bits per heavy atom. The third-order valence-electron chi connectivity index (χ3n) is 3.91. The van der Waals surface area contributed by atoms with Crippen LogP contribution in [0.2, 0.25) is 0 Å². The largest absolute Gasteiger partial charge is 0.314 e.